The van der Waals surface area contributed by atoms with E-state index in [2.05, 4.69) is 137 Å². The molecule has 2 fully saturated rings. The van der Waals surface area contributed by atoms with E-state index < -0.39 is 0 Å². The molecule has 2 saturated heterocycles. The Bertz CT molecular complexity index is 1920. The van der Waals surface area contributed by atoms with Crippen molar-refractivity contribution in [1.82, 2.24) is 29.6 Å². The van der Waals surface area contributed by atoms with Crippen LogP contribution < -0.4 is 0 Å². The summed E-state index contributed by atoms with van der Waals surface area (Å²) in [4.78, 5) is 23.9. The number of nitrogens with zero attached hydrogens (tertiary/aromatic N) is 6. The number of rotatable bonds is 5. The van der Waals surface area contributed by atoms with Crippen LogP contribution in [0.3, 0.4) is 0 Å². The number of benzene rings is 2. The molecular formula is C40H44Br2N6O3. The van der Waals surface area contributed by atoms with E-state index in [1.54, 1.807) is 0 Å². The molecule has 2 aliphatic heterocycles. The van der Waals surface area contributed by atoms with Crippen LogP contribution in [0.5, 0.6) is 0 Å². The van der Waals surface area contributed by atoms with E-state index in [1.165, 1.54) is 16.7 Å². The van der Waals surface area contributed by atoms with Crippen molar-refractivity contribution >= 4 is 55.2 Å². The van der Waals surface area contributed by atoms with Crippen LogP contribution in [0.2, 0.25) is 0 Å². The van der Waals surface area contributed by atoms with E-state index in [1.807, 2.05) is 18.5 Å². The van der Waals surface area contributed by atoms with E-state index in [9.17, 15) is 5.11 Å². The molecule has 0 spiro atoms. The lowest BCUT2D eigenvalue weighted by Gasteiger charge is -2.38. The number of hydrogen-bond acceptors (Lipinski definition) is 9. The average molecular weight is 817 g/mol. The van der Waals surface area contributed by atoms with E-state index in [4.69, 9.17) is 15.2 Å². The Hall–Kier alpha value is -3.10. The maximum absolute atomic E-state index is 9.98. The van der Waals surface area contributed by atoms with Crippen molar-refractivity contribution in [3.63, 3.8) is 0 Å². The average Bonchev–Trinajstić information content (AvgIpc) is 3.37. The third-order valence-corrected chi connectivity index (χ3v) is 11.3. The van der Waals surface area contributed by atoms with Crippen molar-refractivity contribution in [2.75, 3.05) is 79.7 Å². The van der Waals surface area contributed by atoms with Crippen LogP contribution in [-0.2, 0) is 4.89 Å². The summed E-state index contributed by atoms with van der Waals surface area (Å²) >= 11 is 7.08. The highest BCUT2D eigenvalue weighted by Gasteiger charge is 2.34. The van der Waals surface area contributed by atoms with Crippen LogP contribution in [-0.4, -0.2) is 120 Å². The highest BCUT2D eigenvalue weighted by Crippen LogP contribution is 2.41. The van der Waals surface area contributed by atoms with Gasteiger partial charge >= 0.3 is 0 Å². The molecular weight excluding hydrogens is 772 g/mol. The molecule has 2 aromatic carbocycles. The van der Waals surface area contributed by atoms with Gasteiger partial charge in [0.2, 0.25) is 0 Å². The van der Waals surface area contributed by atoms with Crippen LogP contribution in [0.4, 0.5) is 0 Å². The lowest BCUT2D eigenvalue weighted by Crippen LogP contribution is -2.46. The predicted molar refractivity (Wildman–Crippen MR) is 210 cm³/mol. The molecule has 0 bridgehead atoms. The first-order chi connectivity index (χ1) is 24.8. The minimum atomic E-state index is 0.00885. The molecule has 2 aliphatic carbocycles. The Labute approximate surface area is 317 Å². The molecule has 0 saturated carbocycles. The number of piperazine rings is 2. The summed E-state index contributed by atoms with van der Waals surface area (Å²) in [6, 6.07) is 21.3. The van der Waals surface area contributed by atoms with Crippen molar-refractivity contribution in [2.24, 2.45) is 0 Å². The van der Waals surface area contributed by atoms with Crippen LogP contribution in [0, 0.1) is 0 Å². The Morgan fingerprint density at radius 3 is 1.55 bits per heavy atom. The fourth-order valence-electron chi connectivity index (χ4n) is 7.68. The van der Waals surface area contributed by atoms with Gasteiger partial charge in [-0.05, 0) is 104 Å². The molecule has 11 heteroatoms. The molecule has 51 heavy (non-hydrogen) atoms. The molecule has 2 atom stereocenters. The molecule has 4 aliphatic rings. The van der Waals surface area contributed by atoms with E-state index in [0.29, 0.717) is 0 Å². The number of hydrogen-bond donors (Lipinski definition) is 2. The lowest BCUT2D eigenvalue weighted by molar-refractivity contribution is -0.229. The van der Waals surface area contributed by atoms with Crippen LogP contribution in [0.1, 0.15) is 56.9 Å². The Morgan fingerprint density at radius 2 is 1.10 bits per heavy atom. The van der Waals surface area contributed by atoms with Gasteiger partial charge in [-0.1, -0.05) is 48.5 Å². The highest BCUT2D eigenvalue weighted by molar-refractivity contribution is 9.10. The summed E-state index contributed by atoms with van der Waals surface area (Å²) in [7, 11) is 4.34. The zero-order valence-corrected chi connectivity index (χ0v) is 32.2. The number of aliphatic hydroxyl groups is 1. The predicted octanol–water partition coefficient (Wildman–Crippen LogP) is 6.55. The first kappa shape index (κ1) is 36.3. The Balaban J connectivity index is 0.000000159. The van der Waals surface area contributed by atoms with Crippen molar-refractivity contribution in [2.45, 2.75) is 12.1 Å². The summed E-state index contributed by atoms with van der Waals surface area (Å²) in [5.74, 6) is 0. The summed E-state index contributed by atoms with van der Waals surface area (Å²) in [6.07, 6.45) is 7.94. The largest absolute Gasteiger partial charge is 0.392 e. The third-order valence-electron chi connectivity index (χ3n) is 10.4. The monoisotopic (exact) mass is 814 g/mol. The quantitative estimate of drug-likeness (QED) is 0.172. The summed E-state index contributed by atoms with van der Waals surface area (Å²) in [6.45, 7) is 8.38. The zero-order chi connectivity index (χ0) is 35.5. The summed E-state index contributed by atoms with van der Waals surface area (Å²) in [5.41, 5.74) is 10.8. The van der Waals surface area contributed by atoms with Gasteiger partial charge in [-0.2, -0.15) is 0 Å². The van der Waals surface area contributed by atoms with Crippen molar-refractivity contribution in [3.05, 3.63) is 127 Å². The first-order valence-electron chi connectivity index (χ1n) is 17.5. The second-order valence-electron chi connectivity index (χ2n) is 13.7. The number of aliphatic hydroxyl groups excluding tert-OH is 1. The highest BCUT2D eigenvalue weighted by atomic mass is 79.9. The second kappa shape index (κ2) is 16.3. The molecule has 8 rings (SSSR count). The SMILES string of the molecule is CN1CCN(C2c3ccccc3C=C(CO)c3cc(Br)cnc32)CC1.CN1CCN(C2c3ccccc3C=C(COO)c3cc(Br)cnc32)CC1. The van der Waals surface area contributed by atoms with Crippen LogP contribution in [0.25, 0.3) is 23.3 Å². The maximum Gasteiger partial charge on any atom is 0.108 e. The molecule has 0 radical (unpaired) electrons. The number of halogens is 2. The van der Waals surface area contributed by atoms with Crippen molar-refractivity contribution in [1.29, 1.82) is 0 Å². The van der Waals surface area contributed by atoms with Gasteiger partial charge in [-0.3, -0.25) is 25.0 Å². The molecule has 0 amide bonds. The number of aromatic nitrogens is 2. The fraction of sp³-hybridized carbons (Fsp3) is 0.350. The number of fused-ring (bicyclic) bond motifs is 4. The van der Waals surface area contributed by atoms with E-state index >= 15 is 0 Å². The molecule has 266 valence electrons. The fourth-order valence-corrected chi connectivity index (χ4v) is 8.34. The second-order valence-corrected chi connectivity index (χ2v) is 15.5. The van der Waals surface area contributed by atoms with Gasteiger partial charge in [0.25, 0.3) is 0 Å². The van der Waals surface area contributed by atoms with Gasteiger partial charge in [-0.25, -0.2) is 4.89 Å². The van der Waals surface area contributed by atoms with Gasteiger partial charge in [0.05, 0.1) is 30.1 Å². The number of pyridine rings is 2. The zero-order valence-electron chi connectivity index (χ0n) is 29.1. The van der Waals surface area contributed by atoms with Gasteiger partial charge in [0.15, 0.2) is 0 Å². The van der Waals surface area contributed by atoms with Gasteiger partial charge < -0.3 is 14.9 Å². The minimum Gasteiger partial charge on any atom is -0.392 e. The Kier molecular flexibility index (Phi) is 11.6. The smallest absolute Gasteiger partial charge is 0.108 e. The van der Waals surface area contributed by atoms with Crippen LogP contribution in [0.15, 0.2) is 82.0 Å². The van der Waals surface area contributed by atoms with Gasteiger partial charge in [0.1, 0.15) is 6.61 Å². The normalized spacial score (nSPS) is 21.1. The number of likely N-dealkylation sites (N-methyl/N-ethyl adjacent to an activating group) is 2. The molecule has 2 unspecified atom stereocenters. The third kappa shape index (κ3) is 7.83. The summed E-state index contributed by atoms with van der Waals surface area (Å²) in [5, 5.41) is 19.1. The molecule has 4 heterocycles. The molecule has 9 nitrogen and oxygen atoms in total. The molecule has 2 aromatic heterocycles. The topological polar surface area (TPSA) is 88.4 Å². The standard InChI is InChI=1S/C20H22BrN3O2.C20H22BrN3O/c1-23-6-8-24(9-7-23)20-17-5-3-2-4-14(17)10-15(13-26-25)18-11-16(21)12-22-19(18)20;1-23-6-8-24(9-7-23)20-17-5-3-2-4-14(17)10-15(13-25)18-11-16(21)12-22-19(18)20/h2-5,10-12,20,25H,6-9,13H2,1H3;2-5,10-12,20,25H,6-9,13H2,1H3. The van der Waals surface area contributed by atoms with E-state index in [0.717, 1.165) is 101 Å². The van der Waals surface area contributed by atoms with E-state index in [-0.39, 0.29) is 25.3 Å². The maximum atomic E-state index is 9.98. The van der Waals surface area contributed by atoms with Crippen LogP contribution >= 0.6 is 31.9 Å². The van der Waals surface area contributed by atoms with Crippen molar-refractivity contribution < 1.29 is 15.3 Å². The first-order valence-corrected chi connectivity index (χ1v) is 19.1. The van der Waals surface area contributed by atoms with Gasteiger partial charge in [0, 0.05) is 84.8 Å². The van der Waals surface area contributed by atoms with Gasteiger partial charge in [-0.15, -0.1) is 0 Å². The summed E-state index contributed by atoms with van der Waals surface area (Å²) < 4.78 is 1.86. The van der Waals surface area contributed by atoms with Crippen molar-refractivity contribution in [3.8, 4) is 0 Å². The molecule has 2 N–H and O–H groups in total. The lowest BCUT2D eigenvalue weighted by atomic mass is 9.95. The molecule has 4 aromatic rings. The Morgan fingerprint density at radius 1 is 0.667 bits per heavy atom. The minimum absolute atomic E-state index is 0.00885.